The second-order valence-electron chi connectivity index (χ2n) is 4.65. The highest BCUT2D eigenvalue weighted by molar-refractivity contribution is 5.98. The van der Waals surface area contributed by atoms with E-state index in [0.29, 0.717) is 5.92 Å². The van der Waals surface area contributed by atoms with E-state index in [4.69, 9.17) is 4.74 Å². The molecule has 2 aliphatic heterocycles. The quantitative estimate of drug-likeness (QED) is 0.699. The molecule has 2 fully saturated rings. The van der Waals surface area contributed by atoms with Gasteiger partial charge in [-0.2, -0.15) is 0 Å². The molecule has 0 spiro atoms. The summed E-state index contributed by atoms with van der Waals surface area (Å²) < 4.78 is 5.48. The Balaban J connectivity index is 2.26. The van der Waals surface area contributed by atoms with Crippen LogP contribution < -0.4 is 10.6 Å². The fraction of sp³-hybridized carbons (Fsp3) is 0.818. The number of piperidine rings is 1. The van der Waals surface area contributed by atoms with Crippen LogP contribution in [0.3, 0.4) is 0 Å². The molecule has 2 N–H and O–H groups in total. The van der Waals surface area contributed by atoms with Gasteiger partial charge in [0.05, 0.1) is 18.2 Å². The zero-order valence-corrected chi connectivity index (χ0v) is 10.4. The highest BCUT2D eigenvalue weighted by Gasteiger charge is 2.49. The first-order valence-electron chi connectivity index (χ1n) is 5.94. The highest BCUT2D eigenvalue weighted by atomic mass is 16.5. The number of hydrogen-bond acceptors (Lipinski definition) is 4. The maximum Gasteiger partial charge on any atom is 0.325 e. The number of rotatable bonds is 2. The molecule has 6 nitrogen and oxygen atoms in total. The Morgan fingerprint density at radius 2 is 2.18 bits per heavy atom. The predicted octanol–water partition coefficient (Wildman–Crippen LogP) is -0.245. The van der Waals surface area contributed by atoms with Crippen LogP contribution in [0.5, 0.6) is 0 Å². The summed E-state index contributed by atoms with van der Waals surface area (Å²) in [4.78, 5) is 25.0. The molecule has 0 aliphatic carbocycles. The summed E-state index contributed by atoms with van der Waals surface area (Å²) in [5.41, 5.74) is 0. The average Bonchev–Trinajstić information content (AvgIpc) is 2.34. The molecule has 3 amide bonds. The summed E-state index contributed by atoms with van der Waals surface area (Å²) in [6.07, 6.45) is 0.547. The minimum atomic E-state index is -0.353. The SMILES string of the molecule is CCC1CNC2C(C(=O)NC(=O)N2C)C1OC. The second kappa shape index (κ2) is 4.62. The Hall–Kier alpha value is -1.14. The van der Waals surface area contributed by atoms with Crippen LogP contribution in [0.25, 0.3) is 0 Å². The lowest BCUT2D eigenvalue weighted by Gasteiger charge is -2.47. The van der Waals surface area contributed by atoms with Gasteiger partial charge in [0.1, 0.15) is 0 Å². The minimum absolute atomic E-state index is 0.137. The van der Waals surface area contributed by atoms with Gasteiger partial charge in [-0.05, 0) is 12.3 Å². The fourth-order valence-corrected chi connectivity index (χ4v) is 2.78. The smallest absolute Gasteiger partial charge is 0.325 e. The molecule has 0 aromatic heterocycles. The monoisotopic (exact) mass is 241 g/mol. The normalized spacial score (nSPS) is 37.7. The number of nitrogens with zero attached hydrogens (tertiary/aromatic N) is 1. The van der Waals surface area contributed by atoms with E-state index in [2.05, 4.69) is 17.6 Å². The molecule has 2 aliphatic rings. The molecule has 96 valence electrons. The molecule has 4 unspecified atom stereocenters. The Morgan fingerprint density at radius 3 is 2.76 bits per heavy atom. The van der Waals surface area contributed by atoms with E-state index in [1.165, 1.54) is 4.90 Å². The molecule has 6 heteroatoms. The van der Waals surface area contributed by atoms with Crippen LogP contribution in [-0.4, -0.2) is 49.8 Å². The number of imide groups is 1. The number of amides is 3. The summed E-state index contributed by atoms with van der Waals surface area (Å²) in [6, 6.07) is -0.353. The summed E-state index contributed by atoms with van der Waals surface area (Å²) in [5.74, 6) is -0.273. The van der Waals surface area contributed by atoms with Gasteiger partial charge in [0.15, 0.2) is 0 Å². The van der Waals surface area contributed by atoms with Crippen molar-refractivity contribution in [1.82, 2.24) is 15.5 Å². The van der Waals surface area contributed by atoms with E-state index in [-0.39, 0.29) is 30.1 Å². The van der Waals surface area contributed by atoms with Crippen molar-refractivity contribution >= 4 is 11.9 Å². The molecular weight excluding hydrogens is 222 g/mol. The first kappa shape index (κ1) is 12.3. The van der Waals surface area contributed by atoms with Crippen LogP contribution in [0.2, 0.25) is 0 Å². The Labute approximate surface area is 101 Å². The Morgan fingerprint density at radius 1 is 1.47 bits per heavy atom. The van der Waals surface area contributed by atoms with E-state index in [0.717, 1.165) is 13.0 Å². The molecular formula is C11H19N3O3. The molecule has 2 rings (SSSR count). The largest absolute Gasteiger partial charge is 0.380 e. The van der Waals surface area contributed by atoms with Gasteiger partial charge in [-0.25, -0.2) is 4.79 Å². The van der Waals surface area contributed by atoms with Gasteiger partial charge < -0.3 is 9.64 Å². The number of carbonyl (C=O) groups excluding carboxylic acids is 2. The Bertz CT molecular complexity index is 334. The second-order valence-corrected chi connectivity index (χ2v) is 4.65. The van der Waals surface area contributed by atoms with Gasteiger partial charge in [-0.3, -0.25) is 15.4 Å². The predicted molar refractivity (Wildman–Crippen MR) is 61.2 cm³/mol. The van der Waals surface area contributed by atoms with Crippen LogP contribution >= 0.6 is 0 Å². The van der Waals surface area contributed by atoms with Gasteiger partial charge in [0, 0.05) is 20.7 Å². The van der Waals surface area contributed by atoms with Crippen molar-refractivity contribution in [2.45, 2.75) is 25.6 Å². The van der Waals surface area contributed by atoms with Gasteiger partial charge in [0.2, 0.25) is 5.91 Å². The molecule has 0 aromatic carbocycles. The average molecular weight is 241 g/mol. The lowest BCUT2D eigenvalue weighted by Crippen LogP contribution is -2.70. The van der Waals surface area contributed by atoms with Gasteiger partial charge in [-0.1, -0.05) is 6.92 Å². The number of fused-ring (bicyclic) bond motifs is 1. The van der Waals surface area contributed by atoms with Crippen LogP contribution in [0.1, 0.15) is 13.3 Å². The molecule has 0 saturated carbocycles. The molecule has 0 bridgehead atoms. The van der Waals surface area contributed by atoms with E-state index in [9.17, 15) is 9.59 Å². The Kier molecular flexibility index (Phi) is 3.35. The van der Waals surface area contributed by atoms with Crippen molar-refractivity contribution in [2.24, 2.45) is 11.8 Å². The van der Waals surface area contributed by atoms with Crippen molar-refractivity contribution in [3.63, 3.8) is 0 Å². The third-order valence-electron chi connectivity index (χ3n) is 3.81. The minimum Gasteiger partial charge on any atom is -0.380 e. The number of urea groups is 1. The van der Waals surface area contributed by atoms with Crippen LogP contribution in [0.15, 0.2) is 0 Å². The maximum atomic E-state index is 11.9. The topological polar surface area (TPSA) is 70.7 Å². The van der Waals surface area contributed by atoms with Crippen LogP contribution in [0.4, 0.5) is 4.79 Å². The van der Waals surface area contributed by atoms with Crippen LogP contribution in [0, 0.1) is 11.8 Å². The van der Waals surface area contributed by atoms with Crippen molar-refractivity contribution < 1.29 is 14.3 Å². The number of methoxy groups -OCH3 is 1. The molecule has 4 atom stereocenters. The summed E-state index contributed by atoms with van der Waals surface area (Å²) in [5, 5.41) is 5.63. The lowest BCUT2D eigenvalue weighted by atomic mass is 9.81. The molecule has 0 aromatic rings. The van der Waals surface area contributed by atoms with Crippen molar-refractivity contribution in [3.05, 3.63) is 0 Å². The maximum absolute atomic E-state index is 11.9. The van der Waals surface area contributed by atoms with E-state index >= 15 is 0 Å². The zero-order chi connectivity index (χ0) is 12.6. The van der Waals surface area contributed by atoms with Crippen molar-refractivity contribution in [2.75, 3.05) is 20.7 Å². The lowest BCUT2D eigenvalue weighted by molar-refractivity contribution is -0.141. The summed E-state index contributed by atoms with van der Waals surface area (Å²) in [6.45, 7) is 2.84. The first-order valence-corrected chi connectivity index (χ1v) is 5.94. The zero-order valence-electron chi connectivity index (χ0n) is 10.4. The van der Waals surface area contributed by atoms with E-state index < -0.39 is 0 Å². The van der Waals surface area contributed by atoms with Crippen LogP contribution in [-0.2, 0) is 9.53 Å². The van der Waals surface area contributed by atoms with Gasteiger partial charge >= 0.3 is 6.03 Å². The molecule has 17 heavy (non-hydrogen) atoms. The summed E-state index contributed by atoms with van der Waals surface area (Å²) >= 11 is 0. The number of nitrogens with one attached hydrogen (secondary N) is 2. The van der Waals surface area contributed by atoms with Gasteiger partial charge in [-0.15, -0.1) is 0 Å². The standard InChI is InChI=1S/C11H19N3O3/c1-4-6-5-12-9-7(8(6)17-3)10(15)13-11(16)14(9)2/h6-9,12H,4-5H2,1-3H3,(H,13,15,16). The number of ether oxygens (including phenoxy) is 1. The third-order valence-corrected chi connectivity index (χ3v) is 3.81. The third kappa shape index (κ3) is 1.91. The highest BCUT2D eigenvalue weighted by Crippen LogP contribution is 2.30. The molecule has 2 saturated heterocycles. The van der Waals surface area contributed by atoms with Crippen molar-refractivity contribution in [3.8, 4) is 0 Å². The first-order chi connectivity index (χ1) is 8.10. The molecule has 0 radical (unpaired) electrons. The van der Waals surface area contributed by atoms with E-state index in [1.807, 2.05) is 0 Å². The van der Waals surface area contributed by atoms with Gasteiger partial charge in [0.25, 0.3) is 0 Å². The van der Waals surface area contributed by atoms with E-state index in [1.54, 1.807) is 14.2 Å². The summed E-state index contributed by atoms with van der Waals surface area (Å²) in [7, 11) is 3.31. The number of carbonyl (C=O) groups is 2. The molecule has 2 heterocycles. The van der Waals surface area contributed by atoms with Crippen molar-refractivity contribution in [1.29, 1.82) is 0 Å². The fourth-order valence-electron chi connectivity index (χ4n) is 2.78. The number of hydrogen-bond donors (Lipinski definition) is 2.